The molecule has 27 heavy (non-hydrogen) atoms. The van der Waals surface area contributed by atoms with Crippen LogP contribution in [-0.2, 0) is 29.0 Å². The van der Waals surface area contributed by atoms with E-state index in [2.05, 4.69) is 5.32 Å². The van der Waals surface area contributed by atoms with E-state index in [1.165, 1.54) is 27.1 Å². The van der Waals surface area contributed by atoms with Crippen molar-refractivity contribution in [2.24, 2.45) is 0 Å². The summed E-state index contributed by atoms with van der Waals surface area (Å²) >= 11 is 2.85. The van der Waals surface area contributed by atoms with Crippen molar-refractivity contribution in [3.8, 4) is 0 Å². The molecule has 0 fully saturated rings. The van der Waals surface area contributed by atoms with Crippen LogP contribution in [0.4, 0.5) is 0 Å². The molecule has 0 unspecified atom stereocenters. The standard InChI is InChI=1S/C18H24N4O3S2/c1-4-22-17(25)15-11-7-5-6-8-12(11)27-16(15)20-18(22)26-10-13(23)19-9-14(24)21(2)3/h4-10H2,1-3H3,(H,19,23). The number of carbonyl (C=O) groups excluding carboxylic acids is 2. The van der Waals surface area contributed by atoms with Crippen LogP contribution in [0.1, 0.15) is 30.2 Å². The Hall–Kier alpha value is -1.87. The van der Waals surface area contributed by atoms with E-state index in [4.69, 9.17) is 4.98 Å². The number of thioether (sulfide) groups is 1. The van der Waals surface area contributed by atoms with Crippen LogP contribution in [0.25, 0.3) is 10.2 Å². The van der Waals surface area contributed by atoms with Gasteiger partial charge in [-0.3, -0.25) is 19.0 Å². The van der Waals surface area contributed by atoms with E-state index in [0.717, 1.165) is 35.9 Å². The Kier molecular flexibility index (Phi) is 6.21. The molecule has 0 atom stereocenters. The van der Waals surface area contributed by atoms with Gasteiger partial charge in [0.25, 0.3) is 5.56 Å². The van der Waals surface area contributed by atoms with Crippen LogP contribution in [0.3, 0.4) is 0 Å². The molecule has 1 N–H and O–H groups in total. The van der Waals surface area contributed by atoms with E-state index >= 15 is 0 Å². The molecule has 0 spiro atoms. The number of thiophene rings is 1. The molecule has 0 aromatic carbocycles. The summed E-state index contributed by atoms with van der Waals surface area (Å²) in [5.41, 5.74) is 1.17. The fourth-order valence-corrected chi connectivity index (χ4v) is 5.32. The van der Waals surface area contributed by atoms with Gasteiger partial charge in [0, 0.05) is 25.5 Å². The zero-order valence-electron chi connectivity index (χ0n) is 15.8. The van der Waals surface area contributed by atoms with Gasteiger partial charge in [0.05, 0.1) is 17.7 Å². The average molecular weight is 409 g/mol. The predicted molar refractivity (Wildman–Crippen MR) is 109 cm³/mol. The first-order valence-electron chi connectivity index (χ1n) is 9.07. The number of fused-ring (bicyclic) bond motifs is 3. The number of carbonyl (C=O) groups is 2. The number of amides is 2. The van der Waals surface area contributed by atoms with Gasteiger partial charge >= 0.3 is 0 Å². The van der Waals surface area contributed by atoms with Crippen LogP contribution in [0.15, 0.2) is 9.95 Å². The molecule has 0 saturated heterocycles. The van der Waals surface area contributed by atoms with Crippen molar-refractivity contribution >= 4 is 45.1 Å². The molecule has 2 heterocycles. The van der Waals surface area contributed by atoms with Crippen molar-refractivity contribution in [3.63, 3.8) is 0 Å². The maximum absolute atomic E-state index is 13.0. The van der Waals surface area contributed by atoms with Crippen molar-refractivity contribution in [1.82, 2.24) is 19.8 Å². The van der Waals surface area contributed by atoms with Crippen LogP contribution in [-0.4, -0.2) is 52.7 Å². The molecule has 3 rings (SSSR count). The lowest BCUT2D eigenvalue weighted by molar-refractivity contribution is -0.130. The van der Waals surface area contributed by atoms with E-state index in [0.29, 0.717) is 11.7 Å². The number of likely N-dealkylation sites (N-methyl/N-ethyl adjacent to an activating group) is 1. The lowest BCUT2D eigenvalue weighted by Crippen LogP contribution is -2.37. The minimum Gasteiger partial charge on any atom is -0.347 e. The molecule has 1 aliphatic rings. The molecular formula is C18H24N4O3S2. The third kappa shape index (κ3) is 4.19. The highest BCUT2D eigenvalue weighted by Crippen LogP contribution is 2.34. The summed E-state index contributed by atoms with van der Waals surface area (Å²) in [5.74, 6) is -0.302. The van der Waals surface area contributed by atoms with Gasteiger partial charge in [0.2, 0.25) is 11.8 Å². The number of aryl methyl sites for hydroxylation is 2. The van der Waals surface area contributed by atoms with E-state index in [9.17, 15) is 14.4 Å². The quantitative estimate of drug-likeness (QED) is 0.580. The molecule has 0 aliphatic heterocycles. The Balaban J connectivity index is 1.79. The first-order valence-corrected chi connectivity index (χ1v) is 10.9. The van der Waals surface area contributed by atoms with Crippen LogP contribution >= 0.6 is 23.1 Å². The number of hydrogen-bond donors (Lipinski definition) is 1. The number of rotatable bonds is 6. The fraction of sp³-hybridized carbons (Fsp3) is 0.556. The summed E-state index contributed by atoms with van der Waals surface area (Å²) in [6, 6.07) is 0. The van der Waals surface area contributed by atoms with Crippen molar-refractivity contribution in [1.29, 1.82) is 0 Å². The largest absolute Gasteiger partial charge is 0.347 e. The number of nitrogens with zero attached hydrogens (tertiary/aromatic N) is 3. The van der Waals surface area contributed by atoms with Crippen molar-refractivity contribution in [2.45, 2.75) is 44.3 Å². The third-order valence-electron chi connectivity index (χ3n) is 4.62. The summed E-state index contributed by atoms with van der Waals surface area (Å²) in [6.45, 7) is 2.39. The summed E-state index contributed by atoms with van der Waals surface area (Å²) in [5, 5.41) is 3.92. The lowest BCUT2D eigenvalue weighted by Gasteiger charge is -2.13. The second-order valence-electron chi connectivity index (χ2n) is 6.69. The Labute approximate surface area is 166 Å². The number of nitrogens with one attached hydrogen (secondary N) is 1. The lowest BCUT2D eigenvalue weighted by atomic mass is 9.97. The second-order valence-corrected chi connectivity index (χ2v) is 8.71. The fourth-order valence-electron chi connectivity index (χ4n) is 3.12. The van der Waals surface area contributed by atoms with E-state index in [1.807, 2.05) is 6.92 Å². The topological polar surface area (TPSA) is 84.3 Å². The molecule has 146 valence electrons. The molecule has 7 nitrogen and oxygen atoms in total. The van der Waals surface area contributed by atoms with E-state index in [-0.39, 0.29) is 29.7 Å². The minimum absolute atomic E-state index is 0.00686. The molecule has 2 aromatic heterocycles. The number of aromatic nitrogens is 2. The Morgan fingerprint density at radius 2 is 2.04 bits per heavy atom. The highest BCUT2D eigenvalue weighted by molar-refractivity contribution is 7.99. The smallest absolute Gasteiger partial charge is 0.263 e. The highest BCUT2D eigenvalue weighted by atomic mass is 32.2. The molecule has 0 bridgehead atoms. The van der Waals surface area contributed by atoms with Gasteiger partial charge in [-0.1, -0.05) is 11.8 Å². The third-order valence-corrected chi connectivity index (χ3v) is 6.79. The van der Waals surface area contributed by atoms with Gasteiger partial charge in [0.1, 0.15) is 4.83 Å². The van der Waals surface area contributed by atoms with Crippen molar-refractivity contribution in [2.75, 3.05) is 26.4 Å². The predicted octanol–water partition coefficient (Wildman–Crippen LogP) is 1.65. The monoisotopic (exact) mass is 408 g/mol. The molecule has 0 radical (unpaired) electrons. The van der Waals surface area contributed by atoms with E-state index in [1.54, 1.807) is 30.0 Å². The summed E-state index contributed by atoms with van der Waals surface area (Å²) in [7, 11) is 3.28. The molecule has 2 aromatic rings. The zero-order valence-corrected chi connectivity index (χ0v) is 17.5. The maximum Gasteiger partial charge on any atom is 0.263 e. The summed E-state index contributed by atoms with van der Waals surface area (Å²) < 4.78 is 1.65. The normalized spacial score (nSPS) is 13.4. The molecule has 1 aliphatic carbocycles. The second kappa shape index (κ2) is 8.43. The zero-order chi connectivity index (χ0) is 19.6. The maximum atomic E-state index is 13.0. The van der Waals surface area contributed by atoms with Gasteiger partial charge < -0.3 is 10.2 Å². The average Bonchev–Trinajstić information content (AvgIpc) is 3.02. The van der Waals surface area contributed by atoms with Gasteiger partial charge in [0.15, 0.2) is 5.16 Å². The Morgan fingerprint density at radius 3 is 2.74 bits per heavy atom. The van der Waals surface area contributed by atoms with Crippen molar-refractivity contribution in [3.05, 3.63) is 20.8 Å². The molecule has 9 heteroatoms. The van der Waals surface area contributed by atoms with Crippen LogP contribution in [0.5, 0.6) is 0 Å². The minimum atomic E-state index is -0.252. The van der Waals surface area contributed by atoms with Crippen molar-refractivity contribution < 1.29 is 9.59 Å². The van der Waals surface area contributed by atoms with Gasteiger partial charge in [-0.25, -0.2) is 4.98 Å². The number of hydrogen-bond acceptors (Lipinski definition) is 6. The summed E-state index contributed by atoms with van der Waals surface area (Å²) in [4.78, 5) is 44.8. The van der Waals surface area contributed by atoms with Crippen LogP contribution < -0.4 is 10.9 Å². The Morgan fingerprint density at radius 1 is 1.30 bits per heavy atom. The van der Waals surface area contributed by atoms with Crippen LogP contribution in [0, 0.1) is 0 Å². The first-order chi connectivity index (χ1) is 12.9. The van der Waals surface area contributed by atoms with E-state index < -0.39 is 0 Å². The van der Waals surface area contributed by atoms with Gasteiger partial charge in [-0.2, -0.15) is 0 Å². The van der Waals surface area contributed by atoms with Gasteiger partial charge in [-0.05, 0) is 38.2 Å². The SMILES string of the molecule is CCn1c(SCC(=O)NCC(=O)N(C)C)nc2sc3c(c2c1=O)CCCC3. The Bertz CT molecular complexity index is 933. The molecular weight excluding hydrogens is 384 g/mol. The molecule has 0 saturated carbocycles. The summed E-state index contributed by atoms with van der Waals surface area (Å²) in [6.07, 6.45) is 4.25. The van der Waals surface area contributed by atoms with Crippen LogP contribution in [0.2, 0.25) is 0 Å². The highest BCUT2D eigenvalue weighted by Gasteiger charge is 2.22. The first kappa shape index (κ1) is 19.9. The molecule has 2 amide bonds. The van der Waals surface area contributed by atoms with Gasteiger partial charge in [-0.15, -0.1) is 11.3 Å².